The number of hydrogen-bond donors (Lipinski definition) is 1. The monoisotopic (exact) mass is 238 g/mol. The summed E-state index contributed by atoms with van der Waals surface area (Å²) in [6, 6.07) is 5.79. The van der Waals surface area contributed by atoms with Crippen molar-refractivity contribution in [2.75, 3.05) is 19.3 Å². The standard InChI is InChI=1S/C13H19ClN2/c1-16(8-10-3-2-4-10)9-11-5-12(14)7-13(15)6-11/h5-7,10H,2-4,8-9,15H2,1H3. The number of halogens is 1. The molecule has 1 fully saturated rings. The van der Waals surface area contributed by atoms with Crippen LogP contribution in [-0.2, 0) is 6.54 Å². The van der Waals surface area contributed by atoms with E-state index in [4.69, 9.17) is 17.3 Å². The fraction of sp³-hybridized carbons (Fsp3) is 0.538. The Labute approximate surface area is 102 Å². The highest BCUT2D eigenvalue weighted by Crippen LogP contribution is 2.27. The van der Waals surface area contributed by atoms with Crippen molar-refractivity contribution in [3.8, 4) is 0 Å². The lowest BCUT2D eigenvalue weighted by Gasteiger charge is -2.30. The zero-order valence-corrected chi connectivity index (χ0v) is 10.5. The minimum Gasteiger partial charge on any atom is -0.399 e. The third kappa shape index (κ3) is 3.13. The number of nitrogens with two attached hydrogens (primary N) is 1. The van der Waals surface area contributed by atoms with Gasteiger partial charge < -0.3 is 10.6 Å². The lowest BCUT2D eigenvalue weighted by Crippen LogP contribution is -2.29. The van der Waals surface area contributed by atoms with E-state index in [2.05, 4.69) is 11.9 Å². The number of nitrogen functional groups attached to an aromatic ring is 1. The van der Waals surface area contributed by atoms with Crippen molar-refractivity contribution in [1.29, 1.82) is 0 Å². The second kappa shape index (κ2) is 5.07. The molecule has 0 bridgehead atoms. The Balaban J connectivity index is 1.91. The Morgan fingerprint density at radius 2 is 2.12 bits per heavy atom. The summed E-state index contributed by atoms with van der Waals surface area (Å²) in [7, 11) is 2.16. The average Bonchev–Trinajstić information content (AvgIpc) is 2.09. The largest absolute Gasteiger partial charge is 0.399 e. The predicted octanol–water partition coefficient (Wildman–Crippen LogP) is 3.15. The maximum atomic E-state index is 5.98. The molecule has 1 aliphatic carbocycles. The maximum Gasteiger partial charge on any atom is 0.0429 e. The molecule has 0 aliphatic heterocycles. The number of benzene rings is 1. The second-order valence-electron chi connectivity index (χ2n) is 4.89. The molecule has 0 saturated heterocycles. The highest BCUT2D eigenvalue weighted by molar-refractivity contribution is 6.30. The van der Waals surface area contributed by atoms with Gasteiger partial charge in [-0.15, -0.1) is 0 Å². The van der Waals surface area contributed by atoms with Gasteiger partial charge in [-0.3, -0.25) is 0 Å². The van der Waals surface area contributed by atoms with Crippen LogP contribution in [0.1, 0.15) is 24.8 Å². The molecule has 3 heteroatoms. The summed E-state index contributed by atoms with van der Waals surface area (Å²) in [5.74, 6) is 0.904. The average molecular weight is 239 g/mol. The van der Waals surface area contributed by atoms with Gasteiger partial charge in [-0.2, -0.15) is 0 Å². The molecule has 0 heterocycles. The van der Waals surface area contributed by atoms with E-state index in [1.54, 1.807) is 6.07 Å². The van der Waals surface area contributed by atoms with Crippen LogP contribution in [0.15, 0.2) is 18.2 Å². The summed E-state index contributed by atoms with van der Waals surface area (Å²) in [6.07, 6.45) is 4.19. The second-order valence-corrected chi connectivity index (χ2v) is 5.32. The van der Waals surface area contributed by atoms with Crippen LogP contribution in [0.25, 0.3) is 0 Å². The molecule has 1 aliphatic rings. The van der Waals surface area contributed by atoms with E-state index in [1.165, 1.54) is 31.4 Å². The van der Waals surface area contributed by atoms with Crippen LogP contribution in [-0.4, -0.2) is 18.5 Å². The fourth-order valence-electron chi connectivity index (χ4n) is 2.26. The van der Waals surface area contributed by atoms with Crippen molar-refractivity contribution in [3.05, 3.63) is 28.8 Å². The molecule has 2 nitrogen and oxygen atoms in total. The fourth-order valence-corrected chi connectivity index (χ4v) is 2.53. The Bertz CT molecular complexity index is 341. The first kappa shape index (κ1) is 11.7. The Morgan fingerprint density at radius 3 is 2.69 bits per heavy atom. The molecule has 88 valence electrons. The van der Waals surface area contributed by atoms with Crippen LogP contribution in [0.3, 0.4) is 0 Å². The van der Waals surface area contributed by atoms with Crippen LogP contribution < -0.4 is 5.73 Å². The molecule has 2 rings (SSSR count). The molecule has 0 unspecified atom stereocenters. The third-order valence-corrected chi connectivity index (χ3v) is 3.45. The number of anilines is 1. The highest BCUT2D eigenvalue weighted by Gasteiger charge is 2.18. The van der Waals surface area contributed by atoms with Gasteiger partial charge >= 0.3 is 0 Å². The molecule has 0 radical (unpaired) electrons. The summed E-state index contributed by atoms with van der Waals surface area (Å²) < 4.78 is 0. The Kier molecular flexibility index (Phi) is 3.72. The van der Waals surface area contributed by atoms with E-state index in [1.807, 2.05) is 12.1 Å². The van der Waals surface area contributed by atoms with Crippen molar-refractivity contribution in [1.82, 2.24) is 4.90 Å². The van der Waals surface area contributed by atoms with Gasteiger partial charge in [0, 0.05) is 23.8 Å². The van der Waals surface area contributed by atoms with Gasteiger partial charge in [0.1, 0.15) is 0 Å². The molecular weight excluding hydrogens is 220 g/mol. The van der Waals surface area contributed by atoms with Gasteiger partial charge in [0.15, 0.2) is 0 Å². The van der Waals surface area contributed by atoms with Crippen molar-refractivity contribution in [2.45, 2.75) is 25.8 Å². The Morgan fingerprint density at radius 1 is 1.38 bits per heavy atom. The Hall–Kier alpha value is -0.730. The lowest BCUT2D eigenvalue weighted by molar-refractivity contribution is 0.200. The zero-order valence-electron chi connectivity index (χ0n) is 9.75. The quantitative estimate of drug-likeness (QED) is 0.817. The van der Waals surface area contributed by atoms with E-state index < -0.39 is 0 Å². The summed E-state index contributed by atoms with van der Waals surface area (Å²) in [5, 5.41) is 0.729. The summed E-state index contributed by atoms with van der Waals surface area (Å²) >= 11 is 5.98. The van der Waals surface area contributed by atoms with Crippen LogP contribution >= 0.6 is 11.6 Å². The van der Waals surface area contributed by atoms with E-state index in [0.29, 0.717) is 0 Å². The normalized spacial score (nSPS) is 16.4. The van der Waals surface area contributed by atoms with Crippen LogP contribution in [0, 0.1) is 5.92 Å². The summed E-state index contributed by atoms with van der Waals surface area (Å²) in [4.78, 5) is 2.36. The van der Waals surface area contributed by atoms with Gasteiger partial charge in [-0.05, 0) is 49.6 Å². The minimum absolute atomic E-state index is 0.729. The number of rotatable bonds is 4. The molecule has 0 atom stereocenters. The van der Waals surface area contributed by atoms with E-state index in [-0.39, 0.29) is 0 Å². The summed E-state index contributed by atoms with van der Waals surface area (Å²) in [6.45, 7) is 2.12. The number of hydrogen-bond acceptors (Lipinski definition) is 2. The molecule has 16 heavy (non-hydrogen) atoms. The third-order valence-electron chi connectivity index (χ3n) is 3.23. The van der Waals surface area contributed by atoms with Gasteiger partial charge in [-0.1, -0.05) is 18.0 Å². The van der Waals surface area contributed by atoms with Gasteiger partial charge in [-0.25, -0.2) is 0 Å². The zero-order chi connectivity index (χ0) is 11.5. The van der Waals surface area contributed by atoms with Crippen LogP contribution in [0.5, 0.6) is 0 Å². The molecular formula is C13H19ClN2. The van der Waals surface area contributed by atoms with Crippen LogP contribution in [0.4, 0.5) is 5.69 Å². The highest BCUT2D eigenvalue weighted by atomic mass is 35.5. The maximum absolute atomic E-state index is 5.98. The molecule has 0 spiro atoms. The van der Waals surface area contributed by atoms with Crippen molar-refractivity contribution in [2.24, 2.45) is 5.92 Å². The van der Waals surface area contributed by atoms with Gasteiger partial charge in [0.2, 0.25) is 0 Å². The molecule has 0 amide bonds. The topological polar surface area (TPSA) is 29.3 Å². The van der Waals surface area contributed by atoms with E-state index >= 15 is 0 Å². The molecule has 2 N–H and O–H groups in total. The molecule has 1 saturated carbocycles. The van der Waals surface area contributed by atoms with Gasteiger partial charge in [0.05, 0.1) is 0 Å². The molecule has 1 aromatic carbocycles. The van der Waals surface area contributed by atoms with Crippen LogP contribution in [0.2, 0.25) is 5.02 Å². The van der Waals surface area contributed by atoms with Crippen molar-refractivity contribution in [3.63, 3.8) is 0 Å². The first-order valence-electron chi connectivity index (χ1n) is 5.87. The molecule has 0 aromatic heterocycles. The van der Waals surface area contributed by atoms with Crippen molar-refractivity contribution < 1.29 is 0 Å². The smallest absolute Gasteiger partial charge is 0.0429 e. The summed E-state index contributed by atoms with van der Waals surface area (Å²) in [5.41, 5.74) is 7.72. The predicted molar refractivity (Wildman–Crippen MR) is 69.5 cm³/mol. The van der Waals surface area contributed by atoms with Crippen molar-refractivity contribution >= 4 is 17.3 Å². The first-order chi connectivity index (χ1) is 7.63. The lowest BCUT2D eigenvalue weighted by atomic mass is 9.85. The molecule has 1 aromatic rings. The minimum atomic E-state index is 0.729. The number of nitrogens with zero attached hydrogens (tertiary/aromatic N) is 1. The van der Waals surface area contributed by atoms with Gasteiger partial charge in [0.25, 0.3) is 0 Å². The SMILES string of the molecule is CN(Cc1cc(N)cc(Cl)c1)CC1CCC1. The van der Waals surface area contributed by atoms with E-state index in [9.17, 15) is 0 Å². The first-order valence-corrected chi connectivity index (χ1v) is 6.25. The van der Waals surface area contributed by atoms with E-state index in [0.717, 1.165) is 23.2 Å².